The van der Waals surface area contributed by atoms with Crippen LogP contribution in [0.15, 0.2) is 42.5 Å². The van der Waals surface area contributed by atoms with E-state index in [0.717, 1.165) is 42.0 Å². The molecule has 3 rings (SSSR count). The van der Waals surface area contributed by atoms with E-state index in [-0.39, 0.29) is 11.7 Å². The summed E-state index contributed by atoms with van der Waals surface area (Å²) in [6, 6.07) is 13.5. The van der Waals surface area contributed by atoms with Crippen molar-refractivity contribution in [3.63, 3.8) is 0 Å². The number of carbonyl (C=O) groups excluding carboxylic acids is 2. The lowest BCUT2D eigenvalue weighted by Crippen LogP contribution is -2.35. The fourth-order valence-corrected chi connectivity index (χ4v) is 3.25. The highest BCUT2D eigenvalue weighted by Gasteiger charge is 2.22. The number of hydrogen-bond acceptors (Lipinski definition) is 3. The summed E-state index contributed by atoms with van der Waals surface area (Å²) in [5.41, 5.74) is 3.89. The maximum Gasteiger partial charge on any atom is 0.227 e. The number of methoxy groups -OCH3 is 1. The minimum Gasteiger partial charge on any atom is -0.497 e. The molecule has 1 aliphatic heterocycles. The number of ketones is 1. The second-order valence-electron chi connectivity index (χ2n) is 6.40. The number of aryl methyl sites for hydroxylation is 2. The van der Waals surface area contributed by atoms with Gasteiger partial charge in [-0.05, 0) is 67.6 Å². The first-order chi connectivity index (χ1) is 12.1. The van der Waals surface area contributed by atoms with E-state index in [1.54, 1.807) is 14.0 Å². The second-order valence-corrected chi connectivity index (χ2v) is 6.40. The second kappa shape index (κ2) is 7.51. The van der Waals surface area contributed by atoms with Crippen molar-refractivity contribution < 1.29 is 14.3 Å². The number of Topliss-reactive ketones (excluding diaryl/α,β-unsaturated/α-hetero) is 1. The van der Waals surface area contributed by atoms with E-state index >= 15 is 0 Å². The smallest absolute Gasteiger partial charge is 0.227 e. The Morgan fingerprint density at radius 3 is 2.56 bits per heavy atom. The number of ether oxygens (including phenoxy) is 1. The summed E-state index contributed by atoms with van der Waals surface area (Å²) in [7, 11) is 1.64. The Balaban J connectivity index is 1.69. The van der Waals surface area contributed by atoms with Gasteiger partial charge in [-0.2, -0.15) is 0 Å². The highest BCUT2D eigenvalue weighted by Crippen LogP contribution is 2.29. The molecule has 130 valence electrons. The predicted molar refractivity (Wildman–Crippen MR) is 98.4 cm³/mol. The van der Waals surface area contributed by atoms with Gasteiger partial charge in [0, 0.05) is 24.2 Å². The number of nitrogens with zero attached hydrogens (tertiary/aromatic N) is 1. The van der Waals surface area contributed by atoms with Crippen LogP contribution in [0.1, 0.15) is 41.3 Å². The predicted octanol–water partition coefficient (Wildman–Crippen LogP) is 3.81. The monoisotopic (exact) mass is 337 g/mol. The van der Waals surface area contributed by atoms with Crippen LogP contribution in [0.3, 0.4) is 0 Å². The van der Waals surface area contributed by atoms with Crippen LogP contribution >= 0.6 is 0 Å². The zero-order valence-electron chi connectivity index (χ0n) is 14.7. The largest absolute Gasteiger partial charge is 0.497 e. The molecule has 4 heteroatoms. The molecule has 0 saturated heterocycles. The zero-order valence-corrected chi connectivity index (χ0v) is 14.7. The van der Waals surface area contributed by atoms with Gasteiger partial charge in [0.05, 0.1) is 7.11 Å². The van der Waals surface area contributed by atoms with Gasteiger partial charge in [-0.1, -0.05) is 12.1 Å². The standard InChI is InChI=1S/C21H23NO3/c1-15(23)17-8-11-20-18(14-17)4-3-13-22(20)21(24)12-7-16-5-9-19(25-2)10-6-16/h5-6,8-11,14H,3-4,7,12-13H2,1-2H3. The third-order valence-corrected chi connectivity index (χ3v) is 4.69. The minimum atomic E-state index is 0.0609. The van der Waals surface area contributed by atoms with Crippen LogP contribution in [0.25, 0.3) is 0 Å². The number of amides is 1. The molecule has 0 unspecified atom stereocenters. The molecule has 2 aromatic carbocycles. The maximum atomic E-state index is 12.7. The number of carbonyl (C=O) groups is 2. The van der Waals surface area contributed by atoms with Crippen molar-refractivity contribution in [3.05, 3.63) is 59.2 Å². The van der Waals surface area contributed by atoms with Gasteiger partial charge in [-0.3, -0.25) is 9.59 Å². The first-order valence-corrected chi connectivity index (χ1v) is 8.65. The minimum absolute atomic E-state index is 0.0609. The normalized spacial score (nSPS) is 13.3. The number of anilines is 1. The summed E-state index contributed by atoms with van der Waals surface area (Å²) in [4.78, 5) is 26.1. The summed E-state index contributed by atoms with van der Waals surface area (Å²) in [6.07, 6.45) is 3.03. The lowest BCUT2D eigenvalue weighted by Gasteiger charge is -2.30. The van der Waals surface area contributed by atoms with Crippen LogP contribution in [0, 0.1) is 0 Å². The molecule has 2 aromatic rings. The van der Waals surface area contributed by atoms with Crippen molar-refractivity contribution in [3.8, 4) is 5.75 Å². The summed E-state index contributed by atoms with van der Waals surface area (Å²) < 4.78 is 5.16. The molecule has 1 amide bonds. The van der Waals surface area contributed by atoms with Crippen LogP contribution < -0.4 is 9.64 Å². The molecular formula is C21H23NO3. The molecule has 0 bridgehead atoms. The molecule has 1 aliphatic rings. The van der Waals surface area contributed by atoms with E-state index in [1.807, 2.05) is 47.4 Å². The maximum absolute atomic E-state index is 12.7. The number of benzene rings is 2. The SMILES string of the molecule is COc1ccc(CCC(=O)N2CCCc3cc(C(C)=O)ccc32)cc1. The fraction of sp³-hybridized carbons (Fsp3) is 0.333. The van der Waals surface area contributed by atoms with Gasteiger partial charge in [0.25, 0.3) is 0 Å². The van der Waals surface area contributed by atoms with Crippen molar-refractivity contribution in [2.24, 2.45) is 0 Å². The zero-order chi connectivity index (χ0) is 17.8. The van der Waals surface area contributed by atoms with Crippen molar-refractivity contribution in [1.29, 1.82) is 0 Å². The molecule has 1 heterocycles. The first kappa shape index (κ1) is 17.2. The third-order valence-electron chi connectivity index (χ3n) is 4.69. The van der Waals surface area contributed by atoms with Crippen LogP contribution in [0.2, 0.25) is 0 Å². The average Bonchev–Trinajstić information content (AvgIpc) is 2.65. The lowest BCUT2D eigenvalue weighted by atomic mass is 9.97. The first-order valence-electron chi connectivity index (χ1n) is 8.65. The summed E-state index contributed by atoms with van der Waals surface area (Å²) in [5.74, 6) is 1.01. The van der Waals surface area contributed by atoms with Crippen molar-refractivity contribution in [2.75, 3.05) is 18.6 Å². The van der Waals surface area contributed by atoms with Gasteiger partial charge < -0.3 is 9.64 Å². The van der Waals surface area contributed by atoms with Gasteiger partial charge in [-0.25, -0.2) is 0 Å². The van der Waals surface area contributed by atoms with Crippen molar-refractivity contribution in [2.45, 2.75) is 32.6 Å². The molecule has 0 fully saturated rings. The molecule has 0 N–H and O–H groups in total. The molecule has 0 aliphatic carbocycles. The summed E-state index contributed by atoms with van der Waals surface area (Å²) >= 11 is 0. The van der Waals surface area contributed by atoms with Gasteiger partial charge in [-0.15, -0.1) is 0 Å². The molecule has 0 radical (unpaired) electrons. The quantitative estimate of drug-likeness (QED) is 0.780. The Hall–Kier alpha value is -2.62. The van der Waals surface area contributed by atoms with E-state index in [2.05, 4.69) is 0 Å². The van der Waals surface area contributed by atoms with Crippen molar-refractivity contribution in [1.82, 2.24) is 0 Å². The highest BCUT2D eigenvalue weighted by atomic mass is 16.5. The molecule has 0 spiro atoms. The molecule has 0 atom stereocenters. The number of fused-ring (bicyclic) bond motifs is 1. The van der Waals surface area contributed by atoms with Gasteiger partial charge in [0.15, 0.2) is 5.78 Å². The Morgan fingerprint density at radius 2 is 1.88 bits per heavy atom. The molecule has 4 nitrogen and oxygen atoms in total. The van der Waals surface area contributed by atoms with E-state index in [9.17, 15) is 9.59 Å². The Labute approximate surface area is 148 Å². The van der Waals surface area contributed by atoms with E-state index < -0.39 is 0 Å². The van der Waals surface area contributed by atoms with Gasteiger partial charge in [0.1, 0.15) is 5.75 Å². The summed E-state index contributed by atoms with van der Waals surface area (Å²) in [6.45, 7) is 2.32. The topological polar surface area (TPSA) is 46.6 Å². The van der Waals surface area contributed by atoms with Crippen LogP contribution in [-0.4, -0.2) is 25.3 Å². The van der Waals surface area contributed by atoms with Crippen LogP contribution in [0.4, 0.5) is 5.69 Å². The Kier molecular flexibility index (Phi) is 5.17. The number of rotatable bonds is 5. The fourth-order valence-electron chi connectivity index (χ4n) is 3.25. The Morgan fingerprint density at radius 1 is 1.12 bits per heavy atom. The molecule has 0 saturated carbocycles. The lowest BCUT2D eigenvalue weighted by molar-refractivity contribution is -0.118. The van der Waals surface area contributed by atoms with Gasteiger partial charge >= 0.3 is 0 Å². The van der Waals surface area contributed by atoms with Gasteiger partial charge in [0.2, 0.25) is 5.91 Å². The third kappa shape index (κ3) is 3.90. The molecule has 0 aromatic heterocycles. The average molecular weight is 337 g/mol. The van der Waals surface area contributed by atoms with E-state index in [1.165, 1.54) is 0 Å². The molecule has 25 heavy (non-hydrogen) atoms. The number of hydrogen-bond donors (Lipinski definition) is 0. The van der Waals surface area contributed by atoms with Crippen molar-refractivity contribution >= 4 is 17.4 Å². The van der Waals surface area contributed by atoms with Crippen LogP contribution in [0.5, 0.6) is 5.75 Å². The Bertz CT molecular complexity index is 780. The van der Waals surface area contributed by atoms with E-state index in [4.69, 9.17) is 4.74 Å². The summed E-state index contributed by atoms with van der Waals surface area (Å²) in [5, 5.41) is 0. The van der Waals surface area contributed by atoms with Crippen LogP contribution in [-0.2, 0) is 17.6 Å². The van der Waals surface area contributed by atoms with E-state index in [0.29, 0.717) is 18.4 Å². The molecular weight excluding hydrogens is 314 g/mol. The highest BCUT2D eigenvalue weighted by molar-refractivity contribution is 5.97.